The molecule has 0 saturated heterocycles. The number of benzene rings is 1. The number of nitrogens with zero attached hydrogens (tertiary/aromatic N) is 6. The monoisotopic (exact) mass is 476 g/mol. The second kappa shape index (κ2) is 8.48. The van der Waals surface area contributed by atoms with Crippen molar-refractivity contribution in [3.05, 3.63) is 75.4 Å². The number of nitrogens with one attached hydrogen (secondary N) is 1. The lowest BCUT2D eigenvalue weighted by Gasteiger charge is -2.25. The summed E-state index contributed by atoms with van der Waals surface area (Å²) in [7, 11) is 0. The molecule has 0 unspecified atom stereocenters. The Hall–Kier alpha value is -3.30. The van der Waals surface area contributed by atoms with Gasteiger partial charge in [-0.25, -0.2) is 4.98 Å². The molecule has 1 aromatic carbocycles. The molecule has 0 bridgehead atoms. The maximum atomic E-state index is 13.3. The summed E-state index contributed by atoms with van der Waals surface area (Å²) in [6, 6.07) is 9.42. The zero-order valence-corrected chi connectivity index (χ0v) is 19.3. The SMILES string of the molecule is N[C@H]1CC[C@H](c2cnc([C@@H]3CCc4cc(-c5cc(Cl)ccc5-n5cnnn5)cc(=O)n43)[nH]2)CC1. The molecule has 1 saturated carbocycles. The summed E-state index contributed by atoms with van der Waals surface area (Å²) in [4.78, 5) is 21.6. The van der Waals surface area contributed by atoms with E-state index in [9.17, 15) is 4.79 Å². The molecule has 3 aromatic heterocycles. The molecule has 4 heterocycles. The molecule has 1 aliphatic carbocycles. The lowest BCUT2D eigenvalue weighted by molar-refractivity contribution is 0.390. The smallest absolute Gasteiger partial charge is 0.252 e. The van der Waals surface area contributed by atoms with E-state index in [4.69, 9.17) is 17.3 Å². The third kappa shape index (κ3) is 3.74. The lowest BCUT2D eigenvalue weighted by atomic mass is 9.85. The van der Waals surface area contributed by atoms with E-state index >= 15 is 0 Å². The predicted octanol–water partition coefficient (Wildman–Crippen LogP) is 3.39. The highest BCUT2D eigenvalue weighted by atomic mass is 35.5. The number of nitrogens with two attached hydrogens (primary N) is 1. The van der Waals surface area contributed by atoms with Crippen LogP contribution in [0.5, 0.6) is 0 Å². The summed E-state index contributed by atoms with van der Waals surface area (Å²) in [6.45, 7) is 0. The van der Waals surface area contributed by atoms with Crippen LogP contribution in [0.3, 0.4) is 0 Å². The number of hydrogen-bond donors (Lipinski definition) is 2. The predicted molar refractivity (Wildman–Crippen MR) is 128 cm³/mol. The molecular weight excluding hydrogens is 452 g/mol. The van der Waals surface area contributed by atoms with Gasteiger partial charge in [0, 0.05) is 46.2 Å². The molecule has 1 fully saturated rings. The van der Waals surface area contributed by atoms with Crippen molar-refractivity contribution in [2.45, 2.75) is 56.5 Å². The second-order valence-electron chi connectivity index (χ2n) is 9.25. The van der Waals surface area contributed by atoms with Crippen LogP contribution in [0.4, 0.5) is 0 Å². The third-order valence-corrected chi connectivity index (χ3v) is 7.38. The van der Waals surface area contributed by atoms with E-state index in [1.807, 2.05) is 22.9 Å². The Kier molecular flexibility index (Phi) is 5.30. The van der Waals surface area contributed by atoms with Gasteiger partial charge in [-0.15, -0.1) is 5.10 Å². The van der Waals surface area contributed by atoms with Crippen LogP contribution in [0.15, 0.2) is 47.7 Å². The van der Waals surface area contributed by atoms with Crippen molar-refractivity contribution in [3.63, 3.8) is 0 Å². The molecule has 10 heteroatoms. The van der Waals surface area contributed by atoms with Crippen molar-refractivity contribution < 1.29 is 0 Å². The first-order chi connectivity index (χ1) is 16.6. The molecule has 2 aliphatic rings. The zero-order chi connectivity index (χ0) is 23.2. The lowest BCUT2D eigenvalue weighted by Crippen LogP contribution is -2.26. The fraction of sp³-hybridized carbons (Fsp3) is 0.375. The average molecular weight is 477 g/mol. The fourth-order valence-electron chi connectivity index (χ4n) is 5.38. The number of tetrazole rings is 1. The summed E-state index contributed by atoms with van der Waals surface area (Å²) in [6.07, 6.45) is 9.34. The van der Waals surface area contributed by atoms with Crippen LogP contribution >= 0.6 is 11.6 Å². The minimum Gasteiger partial charge on any atom is -0.344 e. The maximum Gasteiger partial charge on any atom is 0.252 e. The first-order valence-corrected chi connectivity index (χ1v) is 12.0. The molecule has 0 spiro atoms. The van der Waals surface area contributed by atoms with Crippen LogP contribution in [0.1, 0.15) is 61.3 Å². The zero-order valence-electron chi connectivity index (χ0n) is 18.6. The number of halogens is 1. The van der Waals surface area contributed by atoms with Gasteiger partial charge in [-0.2, -0.15) is 4.68 Å². The van der Waals surface area contributed by atoms with Crippen molar-refractivity contribution >= 4 is 11.6 Å². The van der Waals surface area contributed by atoms with Crippen LogP contribution in [-0.4, -0.2) is 40.8 Å². The Labute approximate surface area is 201 Å². The van der Waals surface area contributed by atoms with Gasteiger partial charge in [0.15, 0.2) is 0 Å². The van der Waals surface area contributed by atoms with Crippen LogP contribution in [0.2, 0.25) is 5.02 Å². The average Bonchev–Trinajstić information content (AvgIpc) is 3.60. The first kappa shape index (κ1) is 21.2. The summed E-state index contributed by atoms with van der Waals surface area (Å²) in [5, 5.41) is 12.0. The van der Waals surface area contributed by atoms with Crippen molar-refractivity contribution in [3.8, 4) is 16.8 Å². The highest BCUT2D eigenvalue weighted by molar-refractivity contribution is 6.31. The summed E-state index contributed by atoms with van der Waals surface area (Å²) >= 11 is 6.30. The molecule has 0 amide bonds. The fourth-order valence-corrected chi connectivity index (χ4v) is 5.55. The van der Waals surface area contributed by atoms with Crippen molar-refractivity contribution in [1.82, 2.24) is 34.7 Å². The van der Waals surface area contributed by atoms with Gasteiger partial charge in [0.2, 0.25) is 0 Å². The molecule has 174 valence electrons. The number of rotatable bonds is 4. The van der Waals surface area contributed by atoms with Gasteiger partial charge in [-0.1, -0.05) is 11.6 Å². The number of aryl methyl sites for hydroxylation is 1. The van der Waals surface area contributed by atoms with Gasteiger partial charge in [-0.3, -0.25) is 4.79 Å². The first-order valence-electron chi connectivity index (χ1n) is 11.7. The highest BCUT2D eigenvalue weighted by Gasteiger charge is 2.29. The Morgan fingerprint density at radius 1 is 1.09 bits per heavy atom. The van der Waals surface area contributed by atoms with E-state index in [2.05, 4.69) is 31.6 Å². The van der Waals surface area contributed by atoms with E-state index in [1.54, 1.807) is 16.8 Å². The molecule has 1 aliphatic heterocycles. The van der Waals surface area contributed by atoms with Gasteiger partial charge in [0.05, 0.1) is 11.7 Å². The Bertz CT molecular complexity index is 1380. The minimum atomic E-state index is -0.0884. The van der Waals surface area contributed by atoms with Crippen LogP contribution in [-0.2, 0) is 6.42 Å². The molecule has 0 radical (unpaired) electrons. The highest BCUT2D eigenvalue weighted by Crippen LogP contribution is 2.36. The largest absolute Gasteiger partial charge is 0.344 e. The number of aromatic nitrogens is 7. The Morgan fingerprint density at radius 2 is 1.94 bits per heavy atom. The van der Waals surface area contributed by atoms with E-state index < -0.39 is 0 Å². The van der Waals surface area contributed by atoms with Gasteiger partial charge in [-0.05, 0) is 78.8 Å². The number of imidazole rings is 1. The van der Waals surface area contributed by atoms with Crippen molar-refractivity contribution in [2.24, 2.45) is 5.73 Å². The van der Waals surface area contributed by atoms with Crippen LogP contribution < -0.4 is 11.3 Å². The number of hydrogen-bond acceptors (Lipinski definition) is 6. The van der Waals surface area contributed by atoms with E-state index in [0.717, 1.165) is 72.6 Å². The number of aromatic amines is 1. The molecular formula is C24H25ClN8O. The van der Waals surface area contributed by atoms with E-state index in [0.29, 0.717) is 17.0 Å². The summed E-state index contributed by atoms with van der Waals surface area (Å²) in [5.41, 5.74) is 10.5. The molecule has 9 nitrogen and oxygen atoms in total. The summed E-state index contributed by atoms with van der Waals surface area (Å²) < 4.78 is 3.44. The van der Waals surface area contributed by atoms with Crippen LogP contribution in [0, 0.1) is 0 Å². The molecule has 1 atom stereocenters. The van der Waals surface area contributed by atoms with E-state index in [-0.39, 0.29) is 11.6 Å². The molecule has 6 rings (SSSR count). The Morgan fingerprint density at radius 3 is 2.74 bits per heavy atom. The molecule has 4 aromatic rings. The standard InChI is InChI=1S/C24H25ClN8O/c25-16-3-7-21(32-13-28-30-31-32)19(11-16)15-9-18-6-8-22(33(18)23(34)10-15)24-27-12-20(29-24)14-1-4-17(26)5-2-14/h3,7,9-14,17,22H,1-2,4-6,8,26H2,(H,27,29)/t14-,17-,22-/m0/s1. The van der Waals surface area contributed by atoms with E-state index in [1.165, 1.54) is 6.33 Å². The normalized spacial score (nSPS) is 22.1. The van der Waals surface area contributed by atoms with Crippen LogP contribution in [0.25, 0.3) is 16.8 Å². The third-order valence-electron chi connectivity index (χ3n) is 7.14. The maximum absolute atomic E-state index is 13.3. The van der Waals surface area contributed by atoms with Gasteiger partial charge < -0.3 is 15.3 Å². The quantitative estimate of drug-likeness (QED) is 0.465. The number of H-pyrrole nitrogens is 1. The number of pyridine rings is 1. The van der Waals surface area contributed by atoms with Gasteiger partial charge in [0.1, 0.15) is 12.2 Å². The molecule has 34 heavy (non-hydrogen) atoms. The minimum absolute atomic E-state index is 0.0563. The Balaban J connectivity index is 1.34. The van der Waals surface area contributed by atoms with Gasteiger partial charge in [0.25, 0.3) is 5.56 Å². The second-order valence-corrected chi connectivity index (χ2v) is 9.69. The number of fused-ring (bicyclic) bond motifs is 1. The van der Waals surface area contributed by atoms with Gasteiger partial charge >= 0.3 is 0 Å². The molecule has 3 N–H and O–H groups in total. The topological polar surface area (TPSA) is 120 Å². The summed E-state index contributed by atoms with van der Waals surface area (Å²) in [5.74, 6) is 1.32. The van der Waals surface area contributed by atoms with Crippen molar-refractivity contribution in [1.29, 1.82) is 0 Å². The van der Waals surface area contributed by atoms with Crippen molar-refractivity contribution in [2.75, 3.05) is 0 Å².